The number of hydrogen-bond donors (Lipinski definition) is 2. The summed E-state index contributed by atoms with van der Waals surface area (Å²) in [7, 11) is 0. The van der Waals surface area contributed by atoms with Crippen molar-refractivity contribution in [1.82, 2.24) is 0 Å². The summed E-state index contributed by atoms with van der Waals surface area (Å²) in [6.07, 6.45) is 0. The van der Waals surface area contributed by atoms with E-state index in [1.807, 2.05) is 0 Å². The molecule has 0 atom stereocenters. The number of carbonyl (C=O) groups is 2. The largest absolute Gasteiger partial charge is 0.478 e. The molecule has 0 amide bonds. The normalized spacial score (nSPS) is 8.86. The molecule has 0 fully saturated rings. The van der Waals surface area contributed by atoms with Crippen molar-refractivity contribution >= 4 is 43.8 Å². The standard InChI is InChI=1S/2C7H5BrO2.Cu/c2*8-6-4-2-1-3-5(6)7(9)10;/h2*1-4H,(H,9,10);. The van der Waals surface area contributed by atoms with Gasteiger partial charge in [-0.2, -0.15) is 0 Å². The molecule has 115 valence electrons. The van der Waals surface area contributed by atoms with Crippen LogP contribution in [0.15, 0.2) is 57.5 Å². The molecule has 2 N–H and O–H groups in total. The van der Waals surface area contributed by atoms with Crippen LogP contribution in [0.25, 0.3) is 0 Å². The SMILES string of the molecule is O=C(O)c1ccccc1Br.O=C(O)c1ccccc1Br.[Cu]. The molecule has 2 aromatic rings. The van der Waals surface area contributed by atoms with Crippen molar-refractivity contribution in [3.63, 3.8) is 0 Å². The average Bonchev–Trinajstić information content (AvgIpc) is 2.40. The van der Waals surface area contributed by atoms with Gasteiger partial charge in [0.1, 0.15) is 0 Å². The predicted octanol–water partition coefficient (Wildman–Crippen LogP) is 4.29. The summed E-state index contributed by atoms with van der Waals surface area (Å²) >= 11 is 6.23. The van der Waals surface area contributed by atoms with Gasteiger partial charge in [0.15, 0.2) is 0 Å². The van der Waals surface area contributed by atoms with Crippen LogP contribution in [0, 0.1) is 0 Å². The summed E-state index contributed by atoms with van der Waals surface area (Å²) in [5, 5.41) is 17.1. The first-order valence-corrected chi connectivity index (χ1v) is 6.97. The zero-order valence-electron chi connectivity index (χ0n) is 10.4. The second kappa shape index (κ2) is 9.73. The number of hydrogen-bond acceptors (Lipinski definition) is 2. The van der Waals surface area contributed by atoms with Gasteiger partial charge >= 0.3 is 11.9 Å². The molecule has 2 aromatic carbocycles. The summed E-state index contributed by atoms with van der Waals surface area (Å²) in [6, 6.07) is 13.4. The number of carboxylic acid groups (broad SMARTS) is 2. The Kier molecular flexibility index (Phi) is 9.21. The van der Waals surface area contributed by atoms with Crippen LogP contribution in [0.4, 0.5) is 0 Å². The third-order valence-corrected chi connectivity index (χ3v) is 3.59. The number of aromatic carboxylic acids is 2. The first-order chi connectivity index (χ1) is 9.43. The second-order valence-corrected chi connectivity index (χ2v) is 5.28. The van der Waals surface area contributed by atoms with Gasteiger partial charge in [0.05, 0.1) is 11.1 Å². The molecule has 7 heteroatoms. The molecule has 0 heterocycles. The smallest absolute Gasteiger partial charge is 0.336 e. The van der Waals surface area contributed by atoms with Gasteiger partial charge in [-0.1, -0.05) is 24.3 Å². The predicted molar refractivity (Wildman–Crippen MR) is 82.2 cm³/mol. The molecule has 4 nitrogen and oxygen atoms in total. The zero-order valence-corrected chi connectivity index (χ0v) is 14.5. The first-order valence-electron chi connectivity index (χ1n) is 5.39. The molecule has 0 unspecified atom stereocenters. The fourth-order valence-corrected chi connectivity index (χ4v) is 2.18. The van der Waals surface area contributed by atoms with E-state index in [1.165, 1.54) is 0 Å². The van der Waals surface area contributed by atoms with Crippen LogP contribution in [0.1, 0.15) is 20.7 Å². The van der Waals surface area contributed by atoms with Gasteiger partial charge < -0.3 is 10.2 Å². The van der Waals surface area contributed by atoms with E-state index in [0.717, 1.165) is 0 Å². The number of halogens is 2. The third-order valence-electron chi connectivity index (χ3n) is 2.21. The Hall–Kier alpha value is -1.14. The third kappa shape index (κ3) is 6.44. The Labute approximate surface area is 148 Å². The quantitative estimate of drug-likeness (QED) is 0.649. The molecule has 21 heavy (non-hydrogen) atoms. The summed E-state index contributed by atoms with van der Waals surface area (Å²) in [6.45, 7) is 0. The molecular formula is C14H10Br2CuO4. The van der Waals surface area contributed by atoms with E-state index >= 15 is 0 Å². The maximum atomic E-state index is 10.4. The van der Waals surface area contributed by atoms with Crippen LogP contribution in [-0.4, -0.2) is 22.2 Å². The topological polar surface area (TPSA) is 74.6 Å². The zero-order chi connectivity index (χ0) is 15.1. The first kappa shape index (κ1) is 19.9. The second-order valence-electron chi connectivity index (χ2n) is 3.57. The molecule has 0 bridgehead atoms. The van der Waals surface area contributed by atoms with Crippen LogP contribution < -0.4 is 0 Å². The average molecular weight is 466 g/mol. The molecule has 0 aromatic heterocycles. The molecule has 0 aliphatic carbocycles. The van der Waals surface area contributed by atoms with Crippen molar-refractivity contribution in [2.45, 2.75) is 0 Å². The van der Waals surface area contributed by atoms with Crippen LogP contribution in [0.2, 0.25) is 0 Å². The minimum absolute atomic E-state index is 0. The van der Waals surface area contributed by atoms with Gasteiger partial charge in [-0.3, -0.25) is 0 Å². The van der Waals surface area contributed by atoms with E-state index in [1.54, 1.807) is 48.5 Å². The van der Waals surface area contributed by atoms with Crippen molar-refractivity contribution in [1.29, 1.82) is 0 Å². The number of carboxylic acids is 2. The van der Waals surface area contributed by atoms with E-state index in [0.29, 0.717) is 20.1 Å². The van der Waals surface area contributed by atoms with Crippen LogP contribution in [-0.2, 0) is 17.1 Å². The molecule has 0 aliphatic rings. The number of benzene rings is 2. The van der Waals surface area contributed by atoms with Gasteiger partial charge in [0.25, 0.3) is 0 Å². The van der Waals surface area contributed by atoms with E-state index < -0.39 is 11.9 Å². The van der Waals surface area contributed by atoms with Crippen molar-refractivity contribution in [3.8, 4) is 0 Å². The molecule has 0 spiro atoms. The Morgan fingerprint density at radius 3 is 1.19 bits per heavy atom. The van der Waals surface area contributed by atoms with Crippen molar-refractivity contribution in [2.24, 2.45) is 0 Å². The van der Waals surface area contributed by atoms with Crippen LogP contribution in [0.3, 0.4) is 0 Å². The maximum absolute atomic E-state index is 10.4. The Morgan fingerprint density at radius 2 is 1.00 bits per heavy atom. The summed E-state index contributed by atoms with van der Waals surface area (Å²) in [4.78, 5) is 20.8. The van der Waals surface area contributed by atoms with Crippen molar-refractivity contribution < 1.29 is 36.9 Å². The van der Waals surface area contributed by atoms with Gasteiger partial charge in [0.2, 0.25) is 0 Å². The maximum Gasteiger partial charge on any atom is 0.336 e. The molecule has 2 rings (SSSR count). The fraction of sp³-hybridized carbons (Fsp3) is 0. The van der Waals surface area contributed by atoms with Gasteiger partial charge in [-0.25, -0.2) is 9.59 Å². The molecule has 0 aliphatic heterocycles. The molecule has 0 saturated carbocycles. The van der Waals surface area contributed by atoms with Crippen molar-refractivity contribution in [2.75, 3.05) is 0 Å². The van der Waals surface area contributed by atoms with Gasteiger partial charge in [-0.15, -0.1) is 0 Å². The van der Waals surface area contributed by atoms with E-state index in [9.17, 15) is 9.59 Å². The van der Waals surface area contributed by atoms with E-state index in [2.05, 4.69) is 31.9 Å². The minimum Gasteiger partial charge on any atom is -0.478 e. The molecule has 0 saturated heterocycles. The Morgan fingerprint density at radius 1 is 0.714 bits per heavy atom. The molecule has 1 radical (unpaired) electrons. The summed E-state index contributed by atoms with van der Waals surface area (Å²) < 4.78 is 1.23. The van der Waals surface area contributed by atoms with Gasteiger partial charge in [-0.05, 0) is 56.1 Å². The van der Waals surface area contributed by atoms with Gasteiger partial charge in [0, 0.05) is 26.0 Å². The Bertz CT molecular complexity index is 576. The monoisotopic (exact) mass is 463 g/mol. The Balaban J connectivity index is 0.000000364. The van der Waals surface area contributed by atoms with Crippen LogP contribution in [0.5, 0.6) is 0 Å². The van der Waals surface area contributed by atoms with Crippen molar-refractivity contribution in [3.05, 3.63) is 68.6 Å². The van der Waals surface area contributed by atoms with Crippen LogP contribution >= 0.6 is 31.9 Å². The van der Waals surface area contributed by atoms with E-state index in [-0.39, 0.29) is 17.1 Å². The molecular weight excluding hydrogens is 456 g/mol. The minimum atomic E-state index is -0.910. The summed E-state index contributed by atoms with van der Waals surface area (Å²) in [5.74, 6) is -1.82. The van der Waals surface area contributed by atoms with E-state index in [4.69, 9.17) is 10.2 Å². The fourth-order valence-electron chi connectivity index (χ4n) is 1.27. The number of rotatable bonds is 2. The summed E-state index contributed by atoms with van der Waals surface area (Å²) in [5.41, 5.74) is 0.588.